The van der Waals surface area contributed by atoms with Gasteiger partial charge in [-0.05, 0) is 19.8 Å². The van der Waals surface area contributed by atoms with Gasteiger partial charge in [-0.2, -0.15) is 0 Å². The predicted molar refractivity (Wildman–Crippen MR) is 44.0 cm³/mol. The summed E-state index contributed by atoms with van der Waals surface area (Å²) in [4.78, 5) is 0. The summed E-state index contributed by atoms with van der Waals surface area (Å²) in [5, 5.41) is 0.294. The first-order valence-corrected chi connectivity index (χ1v) is 3.82. The van der Waals surface area contributed by atoms with Gasteiger partial charge in [-0.3, -0.25) is 0 Å². The lowest BCUT2D eigenvalue weighted by atomic mass is 9.94. The Balaban J connectivity index is 4.40. The summed E-state index contributed by atoms with van der Waals surface area (Å²) in [6.07, 6.45) is 1.60. The van der Waals surface area contributed by atoms with Crippen molar-refractivity contribution in [2.75, 3.05) is 0 Å². The minimum Gasteiger partial charge on any atom is -0.238 e. The Labute approximate surface area is 67.1 Å². The van der Waals surface area contributed by atoms with Gasteiger partial charge in [0.25, 0.3) is 0 Å². The molecule has 0 radical (unpaired) electrons. The van der Waals surface area contributed by atoms with Crippen molar-refractivity contribution in [3.05, 3.63) is 11.1 Å². The highest BCUT2D eigenvalue weighted by molar-refractivity contribution is 6.30. The van der Waals surface area contributed by atoms with Crippen molar-refractivity contribution >= 4 is 11.6 Å². The van der Waals surface area contributed by atoms with Crippen LogP contribution >= 0.6 is 11.6 Å². The van der Waals surface area contributed by atoms with Gasteiger partial charge in [0, 0.05) is 0 Å². The number of rotatable bonds is 2. The maximum absolute atomic E-state index is 13.4. The molecule has 10 heavy (non-hydrogen) atoms. The van der Waals surface area contributed by atoms with Crippen LogP contribution in [0.3, 0.4) is 0 Å². The normalized spacial score (nSPS) is 19.3. The summed E-state index contributed by atoms with van der Waals surface area (Å²) in [6, 6.07) is 0. The first-order chi connectivity index (χ1) is 4.42. The molecule has 0 N–H and O–H groups in total. The zero-order chi connectivity index (χ0) is 8.36. The Morgan fingerprint density at radius 3 is 2.10 bits per heavy atom. The largest absolute Gasteiger partial charge is 0.238 e. The standard InChI is InChI=1S/C8H14ClF/c1-5-7(9)8(4,10)6(2)3/h5-6H,1-4H3/b7-5+. The molecule has 0 saturated heterocycles. The van der Waals surface area contributed by atoms with Gasteiger partial charge in [0.2, 0.25) is 0 Å². The van der Waals surface area contributed by atoms with Crippen LogP contribution in [0.25, 0.3) is 0 Å². The van der Waals surface area contributed by atoms with E-state index in [-0.39, 0.29) is 5.92 Å². The van der Waals surface area contributed by atoms with Crippen molar-refractivity contribution in [2.24, 2.45) is 5.92 Å². The van der Waals surface area contributed by atoms with Gasteiger partial charge >= 0.3 is 0 Å². The van der Waals surface area contributed by atoms with E-state index in [4.69, 9.17) is 11.6 Å². The minimum atomic E-state index is -1.36. The highest BCUT2D eigenvalue weighted by Gasteiger charge is 2.30. The van der Waals surface area contributed by atoms with Crippen LogP contribution in [0.1, 0.15) is 27.7 Å². The van der Waals surface area contributed by atoms with Crippen LogP contribution in [-0.2, 0) is 0 Å². The fraction of sp³-hybridized carbons (Fsp3) is 0.750. The lowest BCUT2D eigenvalue weighted by molar-refractivity contribution is 0.178. The van der Waals surface area contributed by atoms with Gasteiger partial charge < -0.3 is 0 Å². The van der Waals surface area contributed by atoms with Crippen LogP contribution in [0.4, 0.5) is 4.39 Å². The molecule has 0 aromatic rings. The van der Waals surface area contributed by atoms with Gasteiger partial charge in [0.15, 0.2) is 0 Å². The third-order valence-corrected chi connectivity index (χ3v) is 2.39. The van der Waals surface area contributed by atoms with Crippen LogP contribution in [0.15, 0.2) is 11.1 Å². The van der Waals surface area contributed by atoms with E-state index < -0.39 is 5.67 Å². The molecule has 0 aliphatic heterocycles. The first kappa shape index (κ1) is 9.96. The highest BCUT2D eigenvalue weighted by Crippen LogP contribution is 2.32. The second-order valence-electron chi connectivity index (χ2n) is 2.87. The molecule has 0 aliphatic rings. The second kappa shape index (κ2) is 3.38. The summed E-state index contributed by atoms with van der Waals surface area (Å²) in [6.45, 7) is 6.86. The first-order valence-electron chi connectivity index (χ1n) is 3.44. The Morgan fingerprint density at radius 1 is 1.60 bits per heavy atom. The van der Waals surface area contributed by atoms with Gasteiger partial charge in [-0.15, -0.1) is 0 Å². The van der Waals surface area contributed by atoms with E-state index in [0.29, 0.717) is 5.03 Å². The van der Waals surface area contributed by atoms with Crippen LogP contribution in [0.5, 0.6) is 0 Å². The van der Waals surface area contributed by atoms with Gasteiger partial charge in [-0.25, -0.2) is 4.39 Å². The number of hydrogen-bond acceptors (Lipinski definition) is 0. The smallest absolute Gasteiger partial charge is 0.145 e. The van der Waals surface area contributed by atoms with Gasteiger partial charge in [-0.1, -0.05) is 31.5 Å². The summed E-state index contributed by atoms with van der Waals surface area (Å²) in [7, 11) is 0. The molecule has 0 bridgehead atoms. The van der Waals surface area contributed by atoms with Crippen molar-refractivity contribution in [2.45, 2.75) is 33.4 Å². The Kier molecular flexibility index (Phi) is 3.37. The maximum Gasteiger partial charge on any atom is 0.145 e. The third kappa shape index (κ3) is 1.98. The molecule has 0 aromatic carbocycles. The van der Waals surface area contributed by atoms with Crippen molar-refractivity contribution in [3.8, 4) is 0 Å². The SMILES string of the molecule is C/C=C(/Cl)C(C)(F)C(C)C. The number of hydrogen-bond donors (Lipinski definition) is 0. The summed E-state index contributed by atoms with van der Waals surface area (Å²) < 4.78 is 13.4. The lowest BCUT2D eigenvalue weighted by Gasteiger charge is -2.23. The zero-order valence-electron chi connectivity index (χ0n) is 6.91. The Hall–Kier alpha value is -0.0400. The number of alkyl halides is 1. The van der Waals surface area contributed by atoms with Crippen molar-refractivity contribution < 1.29 is 4.39 Å². The molecule has 2 heteroatoms. The van der Waals surface area contributed by atoms with E-state index >= 15 is 0 Å². The minimum absolute atomic E-state index is 0.0730. The quantitative estimate of drug-likeness (QED) is 0.586. The van der Waals surface area contributed by atoms with E-state index in [1.54, 1.807) is 13.0 Å². The summed E-state index contributed by atoms with van der Waals surface area (Å²) in [5.74, 6) is -0.0730. The van der Waals surface area contributed by atoms with Crippen LogP contribution in [0, 0.1) is 5.92 Å². The molecule has 0 amide bonds. The monoisotopic (exact) mass is 164 g/mol. The molecule has 60 valence electrons. The van der Waals surface area contributed by atoms with Crippen molar-refractivity contribution in [3.63, 3.8) is 0 Å². The molecule has 0 aromatic heterocycles. The predicted octanol–water partition coefficient (Wildman–Crippen LogP) is 3.51. The molecule has 0 rings (SSSR count). The molecule has 0 heterocycles. The van der Waals surface area contributed by atoms with Crippen molar-refractivity contribution in [1.82, 2.24) is 0 Å². The van der Waals surface area contributed by atoms with Crippen molar-refractivity contribution in [1.29, 1.82) is 0 Å². The third-order valence-electron chi connectivity index (χ3n) is 1.80. The molecule has 0 nitrogen and oxygen atoms in total. The Bertz CT molecular complexity index is 136. The van der Waals surface area contributed by atoms with E-state index in [0.717, 1.165) is 0 Å². The second-order valence-corrected chi connectivity index (χ2v) is 3.27. The van der Waals surface area contributed by atoms with Crippen LogP contribution < -0.4 is 0 Å². The van der Waals surface area contributed by atoms with E-state index in [1.165, 1.54) is 6.92 Å². The van der Waals surface area contributed by atoms with Crippen LogP contribution in [0.2, 0.25) is 0 Å². The van der Waals surface area contributed by atoms with Gasteiger partial charge in [0.05, 0.1) is 5.03 Å². The van der Waals surface area contributed by atoms with E-state index in [2.05, 4.69) is 0 Å². The number of halogens is 2. The lowest BCUT2D eigenvalue weighted by Crippen LogP contribution is -2.25. The summed E-state index contributed by atoms with van der Waals surface area (Å²) >= 11 is 5.64. The number of allylic oxidation sites excluding steroid dienone is 2. The fourth-order valence-corrected chi connectivity index (χ4v) is 0.776. The molecule has 0 aliphatic carbocycles. The molecule has 0 fully saturated rings. The topological polar surface area (TPSA) is 0 Å². The van der Waals surface area contributed by atoms with Crippen LogP contribution in [-0.4, -0.2) is 5.67 Å². The fourth-order valence-electron chi connectivity index (χ4n) is 0.558. The van der Waals surface area contributed by atoms with E-state index in [9.17, 15) is 4.39 Å². The Morgan fingerprint density at radius 2 is 2.00 bits per heavy atom. The molecule has 0 spiro atoms. The molecule has 1 unspecified atom stereocenters. The average Bonchev–Trinajstić information content (AvgIpc) is 1.86. The molecule has 1 atom stereocenters. The molecule has 0 saturated carbocycles. The highest BCUT2D eigenvalue weighted by atomic mass is 35.5. The maximum atomic E-state index is 13.4. The van der Waals surface area contributed by atoms with Gasteiger partial charge in [0.1, 0.15) is 5.67 Å². The van der Waals surface area contributed by atoms with E-state index in [1.807, 2.05) is 13.8 Å². The molecular weight excluding hydrogens is 151 g/mol. The average molecular weight is 165 g/mol. The zero-order valence-corrected chi connectivity index (χ0v) is 7.67. The molecular formula is C8H14ClF. The summed E-state index contributed by atoms with van der Waals surface area (Å²) in [5.41, 5.74) is -1.36.